The molecule has 1 amide bonds. The third kappa shape index (κ3) is 5.40. The van der Waals surface area contributed by atoms with Crippen LogP contribution in [0.25, 0.3) is 10.9 Å². The quantitative estimate of drug-likeness (QED) is 0.565. The van der Waals surface area contributed by atoms with Gasteiger partial charge in [-0.1, -0.05) is 0 Å². The lowest BCUT2D eigenvalue weighted by Crippen LogP contribution is -2.48. The Labute approximate surface area is 199 Å². The number of anilines is 1. The van der Waals surface area contributed by atoms with Gasteiger partial charge in [-0.15, -0.1) is 0 Å². The topological polar surface area (TPSA) is 96.5 Å². The molecule has 1 aromatic heterocycles. The Morgan fingerprint density at radius 3 is 2.46 bits per heavy atom. The molecule has 8 nitrogen and oxygen atoms in total. The Morgan fingerprint density at radius 2 is 1.86 bits per heavy atom. The van der Waals surface area contributed by atoms with E-state index in [1.165, 1.54) is 13.2 Å². The Balaban J connectivity index is 1.54. The van der Waals surface area contributed by atoms with Crippen LogP contribution in [0.2, 0.25) is 0 Å². The second-order valence-corrected chi connectivity index (χ2v) is 8.50. The van der Waals surface area contributed by atoms with Crippen LogP contribution >= 0.6 is 0 Å². The Morgan fingerprint density at radius 1 is 1.20 bits per heavy atom. The molecule has 1 aliphatic heterocycles. The van der Waals surface area contributed by atoms with E-state index in [-0.39, 0.29) is 47.1 Å². The SMILES string of the molecule is COc1nc2cc(C(F)(F)F)c(CNc3ccc(C(=O)N4CC(C)OC(C)C4)cc3)cc2c(=O)[nH]1. The van der Waals surface area contributed by atoms with Crippen LogP contribution in [0.4, 0.5) is 18.9 Å². The van der Waals surface area contributed by atoms with Crippen molar-refractivity contribution in [1.29, 1.82) is 0 Å². The second-order valence-electron chi connectivity index (χ2n) is 8.50. The van der Waals surface area contributed by atoms with Crippen molar-refractivity contribution in [2.24, 2.45) is 0 Å². The number of H-pyrrole nitrogens is 1. The monoisotopic (exact) mass is 490 g/mol. The number of morpholine rings is 1. The molecule has 2 N–H and O–H groups in total. The zero-order valence-electron chi connectivity index (χ0n) is 19.4. The standard InChI is InChI=1S/C24H25F3N4O4/c1-13-11-31(12-14(2)35-13)22(33)15-4-6-17(7-5-15)28-10-16-8-18-20(9-19(16)24(25,26)27)29-23(34-3)30-21(18)32/h4-9,13-14,28H,10-12H2,1-3H3,(H,29,30,32). The van der Waals surface area contributed by atoms with E-state index in [0.29, 0.717) is 24.3 Å². The van der Waals surface area contributed by atoms with Crippen LogP contribution < -0.4 is 15.6 Å². The maximum Gasteiger partial charge on any atom is 0.416 e. The van der Waals surface area contributed by atoms with Crippen LogP contribution in [0.1, 0.15) is 35.3 Å². The van der Waals surface area contributed by atoms with Gasteiger partial charge >= 0.3 is 6.18 Å². The number of rotatable bonds is 5. The number of nitrogens with zero attached hydrogens (tertiary/aromatic N) is 2. The minimum Gasteiger partial charge on any atom is -0.468 e. The predicted molar refractivity (Wildman–Crippen MR) is 124 cm³/mol. The molecule has 0 bridgehead atoms. The summed E-state index contributed by atoms with van der Waals surface area (Å²) in [6, 6.07) is 8.37. The number of carbonyl (C=O) groups excluding carboxylic acids is 1. The van der Waals surface area contributed by atoms with Crippen molar-refractivity contribution < 1.29 is 27.4 Å². The summed E-state index contributed by atoms with van der Waals surface area (Å²) in [5.41, 5.74) is -0.725. The van der Waals surface area contributed by atoms with Crippen molar-refractivity contribution in [2.75, 3.05) is 25.5 Å². The summed E-state index contributed by atoms with van der Waals surface area (Å²) in [6.45, 7) is 4.61. The van der Waals surface area contributed by atoms with Gasteiger partial charge in [0, 0.05) is 30.9 Å². The summed E-state index contributed by atoms with van der Waals surface area (Å²) in [5.74, 6) is -0.130. The number of hydrogen-bond acceptors (Lipinski definition) is 6. The molecule has 3 aromatic rings. The van der Waals surface area contributed by atoms with Crippen LogP contribution in [-0.2, 0) is 17.5 Å². The molecule has 0 saturated carbocycles. The van der Waals surface area contributed by atoms with Gasteiger partial charge in [0.15, 0.2) is 0 Å². The molecule has 11 heteroatoms. The van der Waals surface area contributed by atoms with E-state index < -0.39 is 17.3 Å². The third-order valence-electron chi connectivity index (χ3n) is 5.73. The van der Waals surface area contributed by atoms with Gasteiger partial charge in [0.25, 0.3) is 17.5 Å². The number of benzene rings is 2. The summed E-state index contributed by atoms with van der Waals surface area (Å²) < 4.78 is 51.7. The van der Waals surface area contributed by atoms with E-state index in [1.54, 1.807) is 29.2 Å². The minimum atomic E-state index is -4.65. The fourth-order valence-corrected chi connectivity index (χ4v) is 4.17. The Bertz CT molecular complexity index is 1280. The molecule has 1 saturated heterocycles. The van der Waals surface area contributed by atoms with Gasteiger partial charge in [0.05, 0.1) is 35.8 Å². The van der Waals surface area contributed by atoms with Gasteiger partial charge in [0.1, 0.15) is 0 Å². The summed E-state index contributed by atoms with van der Waals surface area (Å²) >= 11 is 0. The van der Waals surface area contributed by atoms with Crippen molar-refractivity contribution >= 4 is 22.5 Å². The number of aromatic nitrogens is 2. The molecule has 2 aromatic carbocycles. The number of alkyl halides is 3. The molecule has 0 aliphatic carbocycles. The highest BCUT2D eigenvalue weighted by molar-refractivity contribution is 5.94. The molecule has 0 radical (unpaired) electrons. The van der Waals surface area contributed by atoms with Crippen LogP contribution in [0.15, 0.2) is 41.2 Å². The number of amides is 1. The van der Waals surface area contributed by atoms with Gasteiger partial charge < -0.3 is 19.7 Å². The van der Waals surface area contributed by atoms with Crippen molar-refractivity contribution in [2.45, 2.75) is 38.8 Å². The number of halogens is 3. The average Bonchev–Trinajstić information content (AvgIpc) is 2.81. The number of methoxy groups -OCH3 is 1. The van der Waals surface area contributed by atoms with Crippen molar-refractivity contribution in [1.82, 2.24) is 14.9 Å². The highest BCUT2D eigenvalue weighted by Crippen LogP contribution is 2.34. The second kappa shape index (κ2) is 9.57. The van der Waals surface area contributed by atoms with E-state index >= 15 is 0 Å². The van der Waals surface area contributed by atoms with Crippen LogP contribution in [0.5, 0.6) is 6.01 Å². The highest BCUT2D eigenvalue weighted by atomic mass is 19.4. The van der Waals surface area contributed by atoms with Gasteiger partial charge in [-0.3, -0.25) is 14.6 Å². The molecular formula is C24H25F3N4O4. The first kappa shape index (κ1) is 24.5. The minimum absolute atomic E-state index is 0.0190. The van der Waals surface area contributed by atoms with Gasteiger partial charge in [-0.05, 0) is 55.8 Å². The van der Waals surface area contributed by atoms with Crippen LogP contribution in [0, 0.1) is 0 Å². The van der Waals surface area contributed by atoms with E-state index in [4.69, 9.17) is 9.47 Å². The largest absolute Gasteiger partial charge is 0.468 e. The van der Waals surface area contributed by atoms with E-state index in [0.717, 1.165) is 6.07 Å². The maximum absolute atomic E-state index is 13.7. The fraction of sp³-hybridized carbons (Fsp3) is 0.375. The van der Waals surface area contributed by atoms with Crippen molar-refractivity contribution in [3.05, 3.63) is 63.4 Å². The average molecular weight is 490 g/mol. The van der Waals surface area contributed by atoms with Crippen LogP contribution in [0.3, 0.4) is 0 Å². The number of hydrogen-bond donors (Lipinski definition) is 2. The van der Waals surface area contributed by atoms with Crippen LogP contribution in [-0.4, -0.2) is 53.2 Å². The lowest BCUT2D eigenvalue weighted by molar-refractivity contribution is -0.138. The smallest absolute Gasteiger partial charge is 0.416 e. The predicted octanol–water partition coefficient (Wildman–Crippen LogP) is 3.81. The molecule has 0 spiro atoms. The lowest BCUT2D eigenvalue weighted by atomic mass is 10.0. The van der Waals surface area contributed by atoms with E-state index in [2.05, 4.69) is 15.3 Å². The Hall–Kier alpha value is -3.60. The lowest BCUT2D eigenvalue weighted by Gasteiger charge is -2.35. The van der Waals surface area contributed by atoms with Gasteiger partial charge in [0.2, 0.25) is 0 Å². The van der Waals surface area contributed by atoms with Crippen molar-refractivity contribution in [3.8, 4) is 6.01 Å². The molecule has 4 rings (SSSR count). The normalized spacial score (nSPS) is 18.5. The molecule has 35 heavy (non-hydrogen) atoms. The first-order chi connectivity index (χ1) is 16.5. The number of nitrogens with one attached hydrogen (secondary N) is 2. The van der Waals surface area contributed by atoms with Crippen molar-refractivity contribution in [3.63, 3.8) is 0 Å². The number of carbonyl (C=O) groups is 1. The number of fused-ring (bicyclic) bond motifs is 1. The molecule has 2 heterocycles. The number of ether oxygens (including phenoxy) is 2. The molecule has 186 valence electrons. The molecule has 2 atom stereocenters. The third-order valence-corrected chi connectivity index (χ3v) is 5.73. The first-order valence-corrected chi connectivity index (χ1v) is 11.0. The summed E-state index contributed by atoms with van der Waals surface area (Å²) in [4.78, 5) is 33.1. The summed E-state index contributed by atoms with van der Waals surface area (Å²) in [7, 11) is 1.26. The first-order valence-electron chi connectivity index (χ1n) is 11.0. The molecule has 1 fully saturated rings. The number of aromatic amines is 1. The van der Waals surface area contributed by atoms with E-state index in [9.17, 15) is 22.8 Å². The summed E-state index contributed by atoms with van der Waals surface area (Å²) in [6.07, 6.45) is -4.76. The summed E-state index contributed by atoms with van der Waals surface area (Å²) in [5, 5.41) is 2.96. The Kier molecular flexibility index (Phi) is 6.70. The fourth-order valence-electron chi connectivity index (χ4n) is 4.17. The highest BCUT2D eigenvalue weighted by Gasteiger charge is 2.34. The van der Waals surface area contributed by atoms with Gasteiger partial charge in [-0.25, -0.2) is 0 Å². The zero-order chi connectivity index (χ0) is 25.3. The molecule has 1 aliphatic rings. The van der Waals surface area contributed by atoms with Gasteiger partial charge in [-0.2, -0.15) is 18.2 Å². The maximum atomic E-state index is 13.7. The van der Waals surface area contributed by atoms with E-state index in [1.807, 2.05) is 13.8 Å². The molecular weight excluding hydrogens is 465 g/mol. The molecule has 2 unspecified atom stereocenters. The zero-order valence-corrected chi connectivity index (χ0v) is 19.4.